The summed E-state index contributed by atoms with van der Waals surface area (Å²) in [6.07, 6.45) is 2.88. The monoisotopic (exact) mass is 428 g/mol. The summed E-state index contributed by atoms with van der Waals surface area (Å²) in [5.41, 5.74) is 4.15. The van der Waals surface area contributed by atoms with Crippen LogP contribution in [0, 0.1) is 5.92 Å². The van der Waals surface area contributed by atoms with Crippen LogP contribution in [-0.2, 0) is 13.0 Å². The highest BCUT2D eigenvalue weighted by atomic mass is 16.1. The van der Waals surface area contributed by atoms with E-state index in [1.807, 2.05) is 30.3 Å². The standard InChI is InChI=1S/C27H32N4O/c1-21(2)18-22-8-10-23(11-9-22)20-30-14-16-31(17-15-30)26-13-12-25(19-28-26)29-27(32)24-6-4-3-5-7-24/h3-13,19,21H,14-18,20H2,1-2H3,(H,29,32). The van der Waals surface area contributed by atoms with Crippen molar-refractivity contribution in [1.29, 1.82) is 0 Å². The molecule has 0 spiro atoms. The quantitative estimate of drug-likeness (QED) is 0.584. The van der Waals surface area contributed by atoms with E-state index in [4.69, 9.17) is 0 Å². The summed E-state index contributed by atoms with van der Waals surface area (Å²) >= 11 is 0. The van der Waals surface area contributed by atoms with Gasteiger partial charge in [-0.05, 0) is 47.7 Å². The molecule has 1 fully saturated rings. The highest BCUT2D eigenvalue weighted by molar-refractivity contribution is 6.04. The number of carbonyl (C=O) groups is 1. The van der Waals surface area contributed by atoms with Crippen molar-refractivity contribution in [3.63, 3.8) is 0 Å². The zero-order chi connectivity index (χ0) is 22.3. The van der Waals surface area contributed by atoms with E-state index >= 15 is 0 Å². The fraction of sp³-hybridized carbons (Fsp3) is 0.333. The molecule has 2 aromatic carbocycles. The first-order valence-electron chi connectivity index (χ1n) is 11.4. The number of rotatable bonds is 7. The molecule has 5 heteroatoms. The number of nitrogens with zero attached hydrogens (tertiary/aromatic N) is 3. The first-order valence-corrected chi connectivity index (χ1v) is 11.4. The summed E-state index contributed by atoms with van der Waals surface area (Å²) in [4.78, 5) is 21.7. The fourth-order valence-electron chi connectivity index (χ4n) is 4.09. The van der Waals surface area contributed by atoms with Crippen molar-refractivity contribution in [3.8, 4) is 0 Å². The van der Waals surface area contributed by atoms with E-state index in [-0.39, 0.29) is 5.91 Å². The molecule has 0 bridgehead atoms. The molecule has 4 rings (SSSR count). The van der Waals surface area contributed by atoms with Crippen molar-refractivity contribution in [2.24, 2.45) is 5.92 Å². The highest BCUT2D eigenvalue weighted by Gasteiger charge is 2.18. The van der Waals surface area contributed by atoms with Gasteiger partial charge in [0.05, 0.1) is 11.9 Å². The van der Waals surface area contributed by atoms with Crippen LogP contribution in [0.3, 0.4) is 0 Å². The van der Waals surface area contributed by atoms with Crippen LogP contribution in [0.5, 0.6) is 0 Å². The van der Waals surface area contributed by atoms with Crippen LogP contribution in [0.1, 0.15) is 35.3 Å². The second-order valence-electron chi connectivity index (χ2n) is 8.90. The lowest BCUT2D eigenvalue weighted by Crippen LogP contribution is -2.46. The van der Waals surface area contributed by atoms with Gasteiger partial charge in [-0.25, -0.2) is 4.98 Å². The van der Waals surface area contributed by atoms with Crippen LogP contribution >= 0.6 is 0 Å². The number of aromatic nitrogens is 1. The normalized spacial score (nSPS) is 14.5. The van der Waals surface area contributed by atoms with E-state index in [9.17, 15) is 4.79 Å². The molecule has 1 aromatic heterocycles. The topological polar surface area (TPSA) is 48.5 Å². The maximum Gasteiger partial charge on any atom is 0.255 e. The molecule has 1 saturated heterocycles. The molecule has 0 unspecified atom stereocenters. The van der Waals surface area contributed by atoms with Gasteiger partial charge >= 0.3 is 0 Å². The first kappa shape index (κ1) is 22.0. The molecule has 166 valence electrons. The van der Waals surface area contributed by atoms with E-state index in [1.54, 1.807) is 18.3 Å². The van der Waals surface area contributed by atoms with Gasteiger partial charge in [-0.2, -0.15) is 0 Å². The molecule has 5 nitrogen and oxygen atoms in total. The largest absolute Gasteiger partial charge is 0.354 e. The number of hydrogen-bond donors (Lipinski definition) is 1. The summed E-state index contributed by atoms with van der Waals surface area (Å²) in [5, 5.41) is 2.91. The smallest absolute Gasteiger partial charge is 0.255 e. The number of hydrogen-bond acceptors (Lipinski definition) is 4. The number of benzene rings is 2. The minimum absolute atomic E-state index is 0.119. The molecule has 1 N–H and O–H groups in total. The van der Waals surface area contributed by atoms with Crippen molar-refractivity contribution in [2.45, 2.75) is 26.8 Å². The molecule has 1 aliphatic rings. The number of nitrogens with one attached hydrogen (secondary N) is 1. The lowest BCUT2D eigenvalue weighted by atomic mass is 10.0. The van der Waals surface area contributed by atoms with Gasteiger partial charge in [-0.1, -0.05) is 56.3 Å². The molecule has 0 atom stereocenters. The summed E-state index contributed by atoms with van der Waals surface area (Å²) in [7, 11) is 0. The van der Waals surface area contributed by atoms with Gasteiger partial charge in [-0.15, -0.1) is 0 Å². The SMILES string of the molecule is CC(C)Cc1ccc(CN2CCN(c3ccc(NC(=O)c4ccccc4)cn3)CC2)cc1. The third kappa shape index (κ3) is 5.95. The Hall–Kier alpha value is -3.18. The van der Waals surface area contributed by atoms with Gasteiger partial charge < -0.3 is 10.2 Å². The minimum Gasteiger partial charge on any atom is -0.354 e. The molecule has 1 amide bonds. The molecule has 2 heterocycles. The molecule has 32 heavy (non-hydrogen) atoms. The highest BCUT2D eigenvalue weighted by Crippen LogP contribution is 2.18. The maximum absolute atomic E-state index is 12.3. The summed E-state index contributed by atoms with van der Waals surface area (Å²) < 4.78 is 0. The Morgan fingerprint density at radius 1 is 0.906 bits per heavy atom. The van der Waals surface area contributed by atoms with Crippen LogP contribution < -0.4 is 10.2 Å². The van der Waals surface area contributed by atoms with Crippen LogP contribution in [0.4, 0.5) is 11.5 Å². The molecular formula is C27H32N4O. The Morgan fingerprint density at radius 2 is 1.59 bits per heavy atom. The van der Waals surface area contributed by atoms with Crippen molar-refractivity contribution in [3.05, 3.63) is 89.6 Å². The molecule has 3 aromatic rings. The number of anilines is 2. The molecule has 0 radical (unpaired) electrons. The second kappa shape index (κ2) is 10.4. The third-order valence-electron chi connectivity index (χ3n) is 5.81. The third-order valence-corrected chi connectivity index (χ3v) is 5.81. The first-order chi connectivity index (χ1) is 15.6. The molecule has 0 aliphatic carbocycles. The summed E-state index contributed by atoms with van der Waals surface area (Å²) in [5.74, 6) is 1.53. The fourth-order valence-corrected chi connectivity index (χ4v) is 4.09. The van der Waals surface area contributed by atoms with Crippen molar-refractivity contribution < 1.29 is 4.79 Å². The van der Waals surface area contributed by atoms with Crippen LogP contribution in [0.25, 0.3) is 0 Å². The lowest BCUT2D eigenvalue weighted by molar-refractivity contribution is 0.102. The van der Waals surface area contributed by atoms with Gasteiger partial charge in [0.1, 0.15) is 5.82 Å². The minimum atomic E-state index is -0.119. The Labute approximate surface area is 191 Å². The van der Waals surface area contributed by atoms with Crippen molar-refractivity contribution >= 4 is 17.4 Å². The van der Waals surface area contributed by atoms with Gasteiger partial charge in [0, 0.05) is 38.3 Å². The molecule has 0 saturated carbocycles. The molecule has 1 aliphatic heterocycles. The van der Waals surface area contributed by atoms with E-state index < -0.39 is 0 Å². The Morgan fingerprint density at radius 3 is 2.22 bits per heavy atom. The van der Waals surface area contributed by atoms with Gasteiger partial charge in [0.15, 0.2) is 0 Å². The Bertz CT molecular complexity index is 992. The van der Waals surface area contributed by atoms with Gasteiger partial charge in [0.25, 0.3) is 5.91 Å². The van der Waals surface area contributed by atoms with E-state index in [0.717, 1.165) is 45.0 Å². The van der Waals surface area contributed by atoms with Crippen LogP contribution in [-0.4, -0.2) is 42.0 Å². The maximum atomic E-state index is 12.3. The zero-order valence-corrected chi connectivity index (χ0v) is 19.0. The Kier molecular flexibility index (Phi) is 7.17. The predicted molar refractivity (Wildman–Crippen MR) is 131 cm³/mol. The van der Waals surface area contributed by atoms with Crippen LogP contribution in [0.2, 0.25) is 0 Å². The van der Waals surface area contributed by atoms with Crippen molar-refractivity contribution in [2.75, 3.05) is 36.4 Å². The number of pyridine rings is 1. The number of piperazine rings is 1. The summed E-state index contributed by atoms with van der Waals surface area (Å²) in [6, 6.07) is 22.2. The Balaban J connectivity index is 1.26. The van der Waals surface area contributed by atoms with Crippen LogP contribution in [0.15, 0.2) is 72.9 Å². The average Bonchev–Trinajstić information content (AvgIpc) is 2.82. The lowest BCUT2D eigenvalue weighted by Gasteiger charge is -2.35. The van der Waals surface area contributed by atoms with E-state index in [2.05, 4.69) is 58.2 Å². The predicted octanol–water partition coefficient (Wildman–Crippen LogP) is 4.85. The van der Waals surface area contributed by atoms with E-state index in [0.29, 0.717) is 17.2 Å². The van der Waals surface area contributed by atoms with Gasteiger partial charge in [-0.3, -0.25) is 9.69 Å². The summed E-state index contributed by atoms with van der Waals surface area (Å²) in [6.45, 7) is 9.45. The number of amides is 1. The number of carbonyl (C=O) groups excluding carboxylic acids is 1. The zero-order valence-electron chi connectivity index (χ0n) is 19.0. The van der Waals surface area contributed by atoms with Gasteiger partial charge in [0.2, 0.25) is 0 Å². The van der Waals surface area contributed by atoms with Crippen molar-refractivity contribution in [1.82, 2.24) is 9.88 Å². The van der Waals surface area contributed by atoms with E-state index in [1.165, 1.54) is 11.1 Å². The average molecular weight is 429 g/mol. The molecular weight excluding hydrogens is 396 g/mol. The second-order valence-corrected chi connectivity index (χ2v) is 8.90.